The molecule has 2 aliphatic heterocycles. The lowest BCUT2D eigenvalue weighted by atomic mass is 9.98. The maximum Gasteiger partial charge on any atom is 0.407 e. The largest absolute Gasteiger partial charge is 0.449 e. The van der Waals surface area contributed by atoms with E-state index in [1.165, 1.54) is 22.3 Å². The molecular formula is C47H60N4O14. The Kier molecular flexibility index (Phi) is 20.6. The first-order chi connectivity index (χ1) is 31.9. The number of benzene rings is 3. The SMILES string of the molecule is O=C1CCC(N2C(=O)c3cccc(NCCOCCOCCOCCOCCOCCOCCOCCOCCCNC(=O)OCC4c5ccccc5-c5ccccc54)c3C2=O)C(=O)N1. The number of hydrogen-bond donors (Lipinski definition) is 3. The van der Waals surface area contributed by atoms with Gasteiger partial charge in [0.05, 0.1) is 110 Å². The van der Waals surface area contributed by atoms with Crippen molar-refractivity contribution in [3.63, 3.8) is 0 Å². The molecule has 3 aliphatic rings. The number of hydrogen-bond acceptors (Lipinski definition) is 15. The molecule has 0 aromatic heterocycles. The van der Waals surface area contributed by atoms with Crippen LogP contribution in [0.4, 0.5) is 10.5 Å². The third-order valence-corrected chi connectivity index (χ3v) is 10.7. The number of carbonyl (C=O) groups excluding carboxylic acids is 5. The molecule has 0 saturated carbocycles. The first kappa shape index (κ1) is 49.1. The van der Waals surface area contributed by atoms with Crippen LogP contribution in [0, 0.1) is 0 Å². The van der Waals surface area contributed by atoms with Gasteiger partial charge in [-0.25, -0.2) is 4.79 Å². The van der Waals surface area contributed by atoms with Crippen LogP contribution in [0.3, 0.4) is 0 Å². The number of rotatable bonds is 32. The summed E-state index contributed by atoms with van der Waals surface area (Å²) < 4.78 is 49.9. The molecule has 352 valence electrons. The van der Waals surface area contributed by atoms with E-state index >= 15 is 0 Å². The van der Waals surface area contributed by atoms with E-state index < -0.39 is 35.8 Å². The van der Waals surface area contributed by atoms with Crippen molar-refractivity contribution in [2.24, 2.45) is 0 Å². The van der Waals surface area contributed by atoms with Crippen LogP contribution in [0.2, 0.25) is 0 Å². The summed E-state index contributed by atoms with van der Waals surface area (Å²) in [6.07, 6.45) is 0.400. The highest BCUT2D eigenvalue weighted by Crippen LogP contribution is 2.44. The Labute approximate surface area is 378 Å². The summed E-state index contributed by atoms with van der Waals surface area (Å²) in [6, 6.07) is 20.4. The summed E-state index contributed by atoms with van der Waals surface area (Å²) >= 11 is 0. The zero-order valence-electron chi connectivity index (χ0n) is 36.7. The van der Waals surface area contributed by atoms with E-state index in [0.717, 1.165) is 4.90 Å². The van der Waals surface area contributed by atoms with Gasteiger partial charge in [-0.1, -0.05) is 54.6 Å². The molecule has 1 fully saturated rings. The van der Waals surface area contributed by atoms with Gasteiger partial charge < -0.3 is 53.3 Å². The van der Waals surface area contributed by atoms with E-state index in [9.17, 15) is 24.0 Å². The van der Waals surface area contributed by atoms with Gasteiger partial charge in [0.25, 0.3) is 11.8 Å². The lowest BCUT2D eigenvalue weighted by molar-refractivity contribution is -0.136. The first-order valence-corrected chi connectivity index (χ1v) is 22.2. The number of imide groups is 2. The van der Waals surface area contributed by atoms with Gasteiger partial charge in [-0.15, -0.1) is 0 Å². The zero-order chi connectivity index (χ0) is 45.5. The summed E-state index contributed by atoms with van der Waals surface area (Å²) in [6.45, 7) is 8.05. The summed E-state index contributed by atoms with van der Waals surface area (Å²) in [7, 11) is 0. The van der Waals surface area contributed by atoms with Gasteiger partial charge in [-0.2, -0.15) is 0 Å². The molecular weight excluding hydrogens is 845 g/mol. The molecule has 0 bridgehead atoms. The average molecular weight is 905 g/mol. The number of alkyl carbamates (subject to hydrolysis) is 1. The predicted octanol–water partition coefficient (Wildman–Crippen LogP) is 3.56. The molecule has 0 radical (unpaired) electrons. The van der Waals surface area contributed by atoms with Gasteiger partial charge >= 0.3 is 6.09 Å². The van der Waals surface area contributed by atoms with Crippen molar-refractivity contribution in [1.29, 1.82) is 0 Å². The molecule has 18 nitrogen and oxygen atoms in total. The molecule has 1 saturated heterocycles. The number of nitrogens with zero attached hydrogens (tertiary/aromatic N) is 1. The van der Waals surface area contributed by atoms with Crippen molar-refractivity contribution in [3.05, 3.63) is 89.0 Å². The highest BCUT2D eigenvalue weighted by Gasteiger charge is 2.45. The lowest BCUT2D eigenvalue weighted by Gasteiger charge is -2.27. The van der Waals surface area contributed by atoms with E-state index in [1.54, 1.807) is 18.2 Å². The molecule has 1 atom stereocenters. The fraction of sp³-hybridized carbons (Fsp3) is 0.511. The Morgan fingerprint density at radius 2 is 1.06 bits per heavy atom. The van der Waals surface area contributed by atoms with Crippen LogP contribution in [-0.4, -0.2) is 166 Å². The first-order valence-electron chi connectivity index (χ1n) is 22.2. The van der Waals surface area contributed by atoms with Gasteiger partial charge in [0.15, 0.2) is 0 Å². The molecule has 0 spiro atoms. The van der Waals surface area contributed by atoms with Gasteiger partial charge in [0.2, 0.25) is 11.8 Å². The van der Waals surface area contributed by atoms with E-state index in [2.05, 4.69) is 40.2 Å². The zero-order valence-corrected chi connectivity index (χ0v) is 36.7. The molecule has 1 unspecified atom stereocenters. The summed E-state index contributed by atoms with van der Waals surface area (Å²) in [5.74, 6) is -2.15. The number of anilines is 1. The fourth-order valence-corrected chi connectivity index (χ4v) is 7.58. The van der Waals surface area contributed by atoms with Crippen molar-refractivity contribution >= 4 is 35.4 Å². The van der Waals surface area contributed by atoms with Crippen molar-refractivity contribution < 1.29 is 66.6 Å². The number of nitrogens with one attached hydrogen (secondary N) is 3. The van der Waals surface area contributed by atoms with E-state index in [4.69, 9.17) is 42.6 Å². The number of fused-ring (bicyclic) bond motifs is 4. The topological polar surface area (TPSA) is 208 Å². The second-order valence-corrected chi connectivity index (χ2v) is 15.1. The smallest absolute Gasteiger partial charge is 0.407 e. The van der Waals surface area contributed by atoms with Crippen LogP contribution in [-0.2, 0) is 52.2 Å². The molecule has 2 heterocycles. The number of carbonyl (C=O) groups is 5. The summed E-state index contributed by atoms with van der Waals surface area (Å²) in [5, 5.41) is 8.13. The van der Waals surface area contributed by atoms with E-state index in [0.29, 0.717) is 138 Å². The summed E-state index contributed by atoms with van der Waals surface area (Å²) in [4.78, 5) is 63.3. The van der Waals surface area contributed by atoms with Crippen LogP contribution in [0.25, 0.3) is 11.1 Å². The second-order valence-electron chi connectivity index (χ2n) is 15.1. The molecule has 3 aromatic rings. The monoisotopic (exact) mass is 904 g/mol. The predicted molar refractivity (Wildman–Crippen MR) is 236 cm³/mol. The number of amides is 5. The fourth-order valence-electron chi connectivity index (χ4n) is 7.58. The van der Waals surface area contributed by atoms with E-state index in [-0.39, 0.29) is 29.9 Å². The summed E-state index contributed by atoms with van der Waals surface area (Å²) in [5.41, 5.74) is 5.66. The quantitative estimate of drug-likeness (QED) is 0.0605. The minimum atomic E-state index is -1.02. The normalized spacial score (nSPS) is 15.5. The molecule has 6 rings (SSSR count). The third-order valence-electron chi connectivity index (χ3n) is 10.7. The molecule has 3 N–H and O–H groups in total. The molecule has 5 amide bonds. The second kappa shape index (κ2) is 27.2. The molecule has 18 heteroatoms. The standard InChI is InChI=1S/C47H60N4O14/c52-42-14-13-41(44(53)50-42)51-45(54)38-11-5-12-40(43(38)46(51)55)48-16-18-58-20-22-60-24-26-62-28-30-64-32-31-63-29-27-61-25-23-59-21-19-57-17-6-15-49-47(56)65-33-39-36-9-3-1-7-34(36)35-8-2-4-10-37(35)39/h1-5,7-12,39,41,48H,6,13-33H2,(H,49,56)(H,50,52,53). The van der Waals surface area contributed by atoms with Gasteiger partial charge in [0, 0.05) is 37.7 Å². The van der Waals surface area contributed by atoms with Crippen LogP contribution in [0.1, 0.15) is 57.0 Å². The Balaban J connectivity index is 0.637. The van der Waals surface area contributed by atoms with E-state index in [1.807, 2.05) is 24.3 Å². The maximum atomic E-state index is 13.2. The van der Waals surface area contributed by atoms with Crippen molar-refractivity contribution in [1.82, 2.24) is 15.5 Å². The van der Waals surface area contributed by atoms with Gasteiger partial charge in [-0.3, -0.25) is 29.4 Å². The van der Waals surface area contributed by atoms with Crippen LogP contribution < -0.4 is 16.0 Å². The average Bonchev–Trinajstić information content (AvgIpc) is 3.77. The lowest BCUT2D eigenvalue weighted by Crippen LogP contribution is -2.54. The minimum absolute atomic E-state index is 0.0356. The molecule has 1 aliphatic carbocycles. The minimum Gasteiger partial charge on any atom is -0.449 e. The number of ether oxygens (including phenoxy) is 9. The Bertz CT molecular complexity index is 1970. The van der Waals surface area contributed by atoms with Crippen molar-refractivity contribution in [2.75, 3.05) is 131 Å². The van der Waals surface area contributed by atoms with Crippen molar-refractivity contribution in [3.8, 4) is 11.1 Å². The van der Waals surface area contributed by atoms with Gasteiger partial charge in [0.1, 0.15) is 12.6 Å². The van der Waals surface area contributed by atoms with Gasteiger partial charge in [-0.05, 0) is 47.2 Å². The Morgan fingerprint density at radius 3 is 1.60 bits per heavy atom. The number of piperidine rings is 1. The molecule has 65 heavy (non-hydrogen) atoms. The highest BCUT2D eigenvalue weighted by molar-refractivity contribution is 6.25. The van der Waals surface area contributed by atoms with Crippen molar-refractivity contribution in [2.45, 2.75) is 31.2 Å². The van der Waals surface area contributed by atoms with Crippen LogP contribution in [0.5, 0.6) is 0 Å². The Morgan fingerprint density at radius 1 is 0.569 bits per heavy atom. The van der Waals surface area contributed by atoms with Crippen LogP contribution in [0.15, 0.2) is 66.7 Å². The molecule has 3 aromatic carbocycles. The maximum absolute atomic E-state index is 13.2. The van der Waals surface area contributed by atoms with Crippen LogP contribution >= 0.6 is 0 Å². The Hall–Kier alpha value is -5.31. The highest BCUT2D eigenvalue weighted by atomic mass is 16.6. The third kappa shape index (κ3) is 14.9.